The molecule has 0 spiro atoms. The number of hydrogen-bond donors (Lipinski definition) is 2. The van der Waals surface area contributed by atoms with Crippen LogP contribution in [0.3, 0.4) is 0 Å². The largest absolute Gasteiger partial charge is 0.372 e. The molecule has 0 bridgehead atoms. The lowest BCUT2D eigenvalue weighted by atomic mass is 9.98. The van der Waals surface area contributed by atoms with E-state index in [1.165, 1.54) is 18.5 Å². The molecule has 5 aromatic rings. The van der Waals surface area contributed by atoms with Crippen LogP contribution < -0.4 is 10.2 Å². The lowest BCUT2D eigenvalue weighted by Gasteiger charge is -2.32. The number of halogens is 3. The van der Waals surface area contributed by atoms with Gasteiger partial charge in [0.05, 0.1) is 28.6 Å². The lowest BCUT2D eigenvalue weighted by Crippen LogP contribution is -2.32. The molecule has 2 aromatic carbocycles. The Balaban J connectivity index is 1.26. The molecule has 8 nitrogen and oxygen atoms in total. The molecule has 1 saturated heterocycles. The number of allylic oxidation sites excluding steroid dienone is 1. The Morgan fingerprint density at radius 3 is 2.69 bits per heavy atom. The van der Waals surface area contributed by atoms with E-state index in [1.807, 2.05) is 16.8 Å². The molecule has 1 unspecified atom stereocenters. The van der Waals surface area contributed by atoms with E-state index in [2.05, 4.69) is 62.9 Å². The summed E-state index contributed by atoms with van der Waals surface area (Å²) in [5, 5.41) is 9.90. The van der Waals surface area contributed by atoms with Crippen molar-refractivity contribution in [1.29, 1.82) is 0 Å². The van der Waals surface area contributed by atoms with Crippen LogP contribution >= 0.6 is 23.2 Å². The summed E-state index contributed by atoms with van der Waals surface area (Å²) < 4.78 is 18.0. The second-order valence-corrected chi connectivity index (χ2v) is 12.1. The monoisotopic (exact) mass is 604 g/mol. The first-order valence-corrected chi connectivity index (χ1v) is 15.0. The zero-order valence-electron chi connectivity index (χ0n) is 23.2. The van der Waals surface area contributed by atoms with Crippen LogP contribution in [0, 0.1) is 5.92 Å². The fraction of sp³-hybridized carbons (Fsp3) is 0.323. The van der Waals surface area contributed by atoms with Gasteiger partial charge in [0.2, 0.25) is 5.95 Å². The van der Waals surface area contributed by atoms with E-state index in [4.69, 9.17) is 28.3 Å². The molecule has 42 heavy (non-hydrogen) atoms. The van der Waals surface area contributed by atoms with Crippen molar-refractivity contribution in [3.05, 3.63) is 89.0 Å². The predicted octanol–water partition coefficient (Wildman–Crippen LogP) is 7.28. The molecular formula is C31H31Cl2FN8. The van der Waals surface area contributed by atoms with Crippen LogP contribution in [0.4, 0.5) is 16.0 Å². The van der Waals surface area contributed by atoms with E-state index in [0.29, 0.717) is 38.3 Å². The summed E-state index contributed by atoms with van der Waals surface area (Å²) in [6.07, 6.45) is 8.63. The number of hydrogen-bond acceptors (Lipinski definition) is 5. The van der Waals surface area contributed by atoms with Crippen LogP contribution in [0.15, 0.2) is 67.5 Å². The maximum atomic E-state index is 14.4. The second kappa shape index (κ2) is 10.8. The van der Waals surface area contributed by atoms with Gasteiger partial charge in [0.25, 0.3) is 0 Å². The van der Waals surface area contributed by atoms with Gasteiger partial charge in [-0.25, -0.2) is 14.4 Å². The highest BCUT2D eigenvalue weighted by molar-refractivity contribution is 6.42. The maximum absolute atomic E-state index is 14.4. The van der Waals surface area contributed by atoms with Gasteiger partial charge in [-0.15, -0.1) is 0 Å². The lowest BCUT2D eigenvalue weighted by molar-refractivity contribution is 0.328. The first-order chi connectivity index (χ1) is 20.4. The first-order valence-electron chi connectivity index (χ1n) is 14.2. The molecular weight excluding hydrogens is 574 g/mol. The van der Waals surface area contributed by atoms with E-state index < -0.39 is 12.2 Å². The third kappa shape index (κ3) is 4.84. The Bertz CT molecular complexity index is 1750. The summed E-state index contributed by atoms with van der Waals surface area (Å²) in [5.74, 6) is 1.31. The van der Waals surface area contributed by atoms with E-state index >= 15 is 0 Å². The van der Waals surface area contributed by atoms with Crippen molar-refractivity contribution in [3.63, 3.8) is 0 Å². The van der Waals surface area contributed by atoms with Crippen molar-refractivity contribution >= 4 is 45.7 Å². The number of rotatable bonds is 7. The number of H-pyrrole nitrogens is 1. The van der Waals surface area contributed by atoms with Crippen LogP contribution in [0.5, 0.6) is 0 Å². The molecule has 0 radical (unpaired) electrons. The minimum absolute atomic E-state index is 0.277. The Hall–Kier alpha value is -3.82. The number of anilines is 2. The highest BCUT2D eigenvalue weighted by Gasteiger charge is 2.32. The highest BCUT2D eigenvalue weighted by Crippen LogP contribution is 2.40. The van der Waals surface area contributed by atoms with Crippen molar-refractivity contribution in [3.8, 4) is 11.1 Å². The third-order valence-corrected chi connectivity index (χ3v) is 9.15. The first kappa shape index (κ1) is 27.0. The van der Waals surface area contributed by atoms with E-state index in [1.54, 1.807) is 23.4 Å². The normalized spacial score (nSPS) is 18.0. The van der Waals surface area contributed by atoms with Gasteiger partial charge >= 0.3 is 0 Å². The quantitative estimate of drug-likeness (QED) is 0.204. The Kier molecular flexibility index (Phi) is 6.94. The van der Waals surface area contributed by atoms with Crippen molar-refractivity contribution in [2.75, 3.05) is 23.3 Å². The van der Waals surface area contributed by atoms with Crippen LogP contribution in [-0.4, -0.2) is 48.6 Å². The fourth-order valence-electron chi connectivity index (χ4n) is 6.11. The minimum atomic E-state index is -0.957. The number of aromatic nitrogens is 6. The summed E-state index contributed by atoms with van der Waals surface area (Å²) in [5.41, 5.74) is 5.61. The zero-order valence-corrected chi connectivity index (χ0v) is 24.7. The second-order valence-electron chi connectivity index (χ2n) is 11.3. The smallest absolute Gasteiger partial charge is 0.204 e. The topological polar surface area (TPSA) is 79.6 Å². The number of benzene rings is 2. The van der Waals surface area contributed by atoms with Gasteiger partial charge < -0.3 is 19.8 Å². The SMILES string of the molecule is C=C(Nc1ncc[nH]1)C(c1ncn2c1C[C@@H](F)C2)n1cc2c(Cl)cc(-c3ccc(N4CCC(C)CC4)cc3)c(Cl)c2n1. The standard InChI is InChI=1S/C31H31Cl2FN8/c1-18-7-11-40(12-8-18)22-5-3-20(4-6-22)23-14-25(32)24-16-42(39-28(24)27(23)33)30(19(2)38-31-35-9-10-36-31)29-26-13-21(34)15-41(26)17-37-29/h3-6,9-10,14,16-18,21,30H,2,7-8,11-13,15H2,1H3,(H2,35,36,38)/t21-,30?/m1/s1. The van der Waals surface area contributed by atoms with Crippen molar-refractivity contribution in [2.45, 2.75) is 44.9 Å². The number of nitrogens with zero attached hydrogens (tertiary/aromatic N) is 6. The van der Waals surface area contributed by atoms with Crippen molar-refractivity contribution < 1.29 is 4.39 Å². The summed E-state index contributed by atoms with van der Waals surface area (Å²) in [7, 11) is 0. The zero-order chi connectivity index (χ0) is 29.0. The van der Waals surface area contributed by atoms with Crippen LogP contribution in [-0.2, 0) is 13.0 Å². The van der Waals surface area contributed by atoms with Crippen molar-refractivity contribution in [2.24, 2.45) is 5.92 Å². The van der Waals surface area contributed by atoms with Gasteiger partial charge in [0.15, 0.2) is 0 Å². The fourth-order valence-corrected chi connectivity index (χ4v) is 6.66. The molecule has 7 rings (SSSR count). The number of alkyl halides is 1. The van der Waals surface area contributed by atoms with Gasteiger partial charge in [0.1, 0.15) is 17.7 Å². The van der Waals surface area contributed by atoms with Gasteiger partial charge in [-0.05, 0) is 42.5 Å². The molecule has 1 fully saturated rings. The molecule has 2 N–H and O–H groups in total. The Labute approximate surface area is 253 Å². The summed E-state index contributed by atoms with van der Waals surface area (Å²) in [6, 6.07) is 9.81. The van der Waals surface area contributed by atoms with Gasteiger partial charge in [-0.2, -0.15) is 5.10 Å². The molecule has 0 saturated carbocycles. The molecule has 0 amide bonds. The number of piperidine rings is 1. The summed E-state index contributed by atoms with van der Waals surface area (Å²) in [4.78, 5) is 14.4. The third-order valence-electron chi connectivity index (χ3n) is 8.45. The van der Waals surface area contributed by atoms with Gasteiger partial charge in [-0.1, -0.05) is 48.8 Å². The number of imidazole rings is 2. The summed E-state index contributed by atoms with van der Waals surface area (Å²) in [6.45, 7) is 9.04. The van der Waals surface area contributed by atoms with Gasteiger partial charge in [-0.3, -0.25) is 4.68 Å². The Morgan fingerprint density at radius 1 is 1.17 bits per heavy atom. The molecule has 5 heterocycles. The summed E-state index contributed by atoms with van der Waals surface area (Å²) >= 11 is 13.9. The number of nitrogens with one attached hydrogen (secondary N) is 2. The molecule has 2 aliphatic heterocycles. The van der Waals surface area contributed by atoms with Crippen molar-refractivity contribution in [1.82, 2.24) is 29.3 Å². The number of fused-ring (bicyclic) bond motifs is 2. The number of aromatic amines is 1. The van der Waals surface area contributed by atoms with Crippen LogP contribution in [0.2, 0.25) is 10.0 Å². The van der Waals surface area contributed by atoms with E-state index in [-0.39, 0.29) is 13.0 Å². The molecule has 216 valence electrons. The van der Waals surface area contributed by atoms with Gasteiger partial charge in [0, 0.05) is 66.1 Å². The van der Waals surface area contributed by atoms with Crippen LogP contribution in [0.25, 0.3) is 22.0 Å². The van der Waals surface area contributed by atoms with E-state index in [9.17, 15) is 4.39 Å². The molecule has 2 aliphatic rings. The molecule has 11 heteroatoms. The average Bonchev–Trinajstić information content (AvgIpc) is 3.78. The highest BCUT2D eigenvalue weighted by atomic mass is 35.5. The molecule has 2 atom stereocenters. The maximum Gasteiger partial charge on any atom is 0.204 e. The molecule has 3 aromatic heterocycles. The Morgan fingerprint density at radius 2 is 1.95 bits per heavy atom. The van der Waals surface area contributed by atoms with E-state index in [0.717, 1.165) is 35.8 Å². The average molecular weight is 606 g/mol. The predicted molar refractivity (Wildman–Crippen MR) is 166 cm³/mol. The van der Waals surface area contributed by atoms with Crippen LogP contribution in [0.1, 0.15) is 37.2 Å². The minimum Gasteiger partial charge on any atom is -0.372 e. The molecule has 0 aliphatic carbocycles.